The second-order valence-electron chi connectivity index (χ2n) is 7.55. The van der Waals surface area contributed by atoms with E-state index in [2.05, 4.69) is 10.6 Å². The van der Waals surface area contributed by atoms with E-state index in [-0.39, 0.29) is 23.8 Å². The van der Waals surface area contributed by atoms with E-state index >= 15 is 0 Å². The molecule has 1 heterocycles. The molecule has 3 amide bonds. The van der Waals surface area contributed by atoms with Crippen LogP contribution in [0.1, 0.15) is 32.8 Å². The molecule has 166 valence electrons. The Labute approximate surface area is 175 Å². The van der Waals surface area contributed by atoms with Gasteiger partial charge < -0.3 is 20.3 Å². The number of hydrogen-bond acceptors (Lipinski definition) is 4. The maximum absolute atomic E-state index is 13.3. The maximum Gasteiger partial charge on any atom is 0.245 e. The van der Waals surface area contributed by atoms with E-state index in [1.165, 1.54) is 6.92 Å². The van der Waals surface area contributed by atoms with Gasteiger partial charge in [0.1, 0.15) is 23.7 Å². The summed E-state index contributed by atoms with van der Waals surface area (Å²) in [5, 5.41) is 5.25. The highest BCUT2D eigenvalue weighted by molar-refractivity contribution is 5.92. The van der Waals surface area contributed by atoms with Gasteiger partial charge in [0, 0.05) is 19.2 Å². The van der Waals surface area contributed by atoms with Crippen molar-refractivity contribution in [2.75, 3.05) is 26.3 Å². The van der Waals surface area contributed by atoms with Crippen LogP contribution in [0.25, 0.3) is 0 Å². The Morgan fingerprint density at radius 2 is 1.67 bits per heavy atom. The Hall–Kier alpha value is -2.55. The van der Waals surface area contributed by atoms with Gasteiger partial charge in [0.2, 0.25) is 17.7 Å². The lowest BCUT2D eigenvalue weighted by atomic mass is 9.97. The lowest BCUT2D eigenvalue weighted by Gasteiger charge is -2.33. The van der Waals surface area contributed by atoms with Crippen LogP contribution in [-0.2, 0) is 25.5 Å². The van der Waals surface area contributed by atoms with Crippen molar-refractivity contribution in [2.24, 2.45) is 5.92 Å². The highest BCUT2D eigenvalue weighted by Gasteiger charge is 2.32. The van der Waals surface area contributed by atoms with Crippen LogP contribution >= 0.6 is 0 Å². The predicted octanol–water partition coefficient (Wildman–Crippen LogP) is 1.40. The number of ether oxygens (including phenoxy) is 1. The van der Waals surface area contributed by atoms with Crippen molar-refractivity contribution in [1.29, 1.82) is 0 Å². The number of nitrogens with zero attached hydrogens (tertiary/aromatic N) is 1. The summed E-state index contributed by atoms with van der Waals surface area (Å²) in [5.41, 5.74) is 0.164. The maximum atomic E-state index is 13.3. The first-order chi connectivity index (χ1) is 14.2. The van der Waals surface area contributed by atoms with Gasteiger partial charge >= 0.3 is 0 Å². The van der Waals surface area contributed by atoms with E-state index in [4.69, 9.17) is 4.74 Å². The van der Waals surface area contributed by atoms with Crippen molar-refractivity contribution in [2.45, 2.75) is 45.7 Å². The zero-order valence-corrected chi connectivity index (χ0v) is 17.5. The van der Waals surface area contributed by atoms with Gasteiger partial charge in [-0.2, -0.15) is 0 Å². The molecule has 1 aromatic carbocycles. The molecule has 0 aliphatic carbocycles. The Balaban J connectivity index is 1.96. The predicted molar refractivity (Wildman–Crippen MR) is 106 cm³/mol. The van der Waals surface area contributed by atoms with Crippen LogP contribution in [-0.4, -0.2) is 61.0 Å². The van der Waals surface area contributed by atoms with Gasteiger partial charge in [-0.3, -0.25) is 14.4 Å². The smallest absolute Gasteiger partial charge is 0.245 e. The molecule has 2 N–H and O–H groups in total. The second-order valence-corrected chi connectivity index (χ2v) is 7.55. The van der Waals surface area contributed by atoms with E-state index in [0.717, 1.165) is 18.2 Å². The van der Waals surface area contributed by atoms with Crippen molar-refractivity contribution in [1.82, 2.24) is 15.5 Å². The van der Waals surface area contributed by atoms with Crippen molar-refractivity contribution < 1.29 is 27.9 Å². The summed E-state index contributed by atoms with van der Waals surface area (Å²) < 4.78 is 31.8. The zero-order chi connectivity index (χ0) is 22.3. The fourth-order valence-electron chi connectivity index (χ4n) is 3.20. The van der Waals surface area contributed by atoms with Crippen molar-refractivity contribution in [3.63, 3.8) is 0 Å². The second kappa shape index (κ2) is 11.0. The van der Waals surface area contributed by atoms with Gasteiger partial charge in [-0.25, -0.2) is 8.78 Å². The summed E-state index contributed by atoms with van der Waals surface area (Å²) >= 11 is 0. The summed E-state index contributed by atoms with van der Waals surface area (Å²) in [5.74, 6) is -2.87. The average Bonchev–Trinajstić information content (AvgIpc) is 2.70. The third-order valence-electron chi connectivity index (χ3n) is 5.16. The number of rotatable bonds is 8. The molecule has 0 unspecified atom stereocenters. The molecule has 0 spiro atoms. The molecular formula is C21H29F2N3O4. The Bertz CT molecular complexity index is 748. The van der Waals surface area contributed by atoms with Gasteiger partial charge in [-0.1, -0.05) is 20.3 Å². The highest BCUT2D eigenvalue weighted by atomic mass is 19.1. The minimum atomic E-state index is -0.917. The van der Waals surface area contributed by atoms with Crippen LogP contribution in [0, 0.1) is 17.6 Å². The largest absolute Gasteiger partial charge is 0.378 e. The minimum Gasteiger partial charge on any atom is -0.378 e. The number of halogens is 2. The third-order valence-corrected chi connectivity index (χ3v) is 5.16. The van der Waals surface area contributed by atoms with Gasteiger partial charge in [-0.15, -0.1) is 0 Å². The first-order valence-corrected chi connectivity index (χ1v) is 10.1. The summed E-state index contributed by atoms with van der Waals surface area (Å²) in [4.78, 5) is 39.3. The molecule has 7 nitrogen and oxygen atoms in total. The van der Waals surface area contributed by atoms with Gasteiger partial charge in [-0.05, 0) is 30.5 Å². The quantitative estimate of drug-likeness (QED) is 0.659. The minimum absolute atomic E-state index is 0.0949. The lowest BCUT2D eigenvalue weighted by molar-refractivity contribution is -0.141. The molecule has 1 fully saturated rings. The molecular weight excluding hydrogens is 396 g/mol. The van der Waals surface area contributed by atoms with E-state index < -0.39 is 35.5 Å². The number of amides is 3. The molecule has 2 rings (SSSR count). The number of benzene rings is 1. The topological polar surface area (TPSA) is 87.7 Å². The number of hydrogen-bond donors (Lipinski definition) is 2. The molecule has 0 radical (unpaired) electrons. The van der Waals surface area contributed by atoms with Crippen molar-refractivity contribution in [3.8, 4) is 0 Å². The molecule has 0 saturated carbocycles. The van der Waals surface area contributed by atoms with Gasteiger partial charge in [0.15, 0.2) is 0 Å². The SMILES string of the molecule is CC[C@H](C)[C@H](NC(=O)[C@H](C)NC(=O)Cc1cc(F)cc(F)c1)C(=O)N1CCOCC1. The van der Waals surface area contributed by atoms with Crippen LogP contribution in [0.5, 0.6) is 0 Å². The molecule has 1 aliphatic rings. The Kier molecular flexibility index (Phi) is 8.71. The standard InChI is InChI=1S/C21H29F2N3O4/c1-4-13(2)19(21(29)26-5-7-30-8-6-26)25-20(28)14(3)24-18(27)11-15-9-16(22)12-17(23)10-15/h9-10,12-14,19H,4-8,11H2,1-3H3,(H,24,27)(H,25,28)/t13-,14-,19-/m0/s1. The number of carbonyl (C=O) groups is 3. The highest BCUT2D eigenvalue weighted by Crippen LogP contribution is 2.13. The number of carbonyl (C=O) groups excluding carboxylic acids is 3. The zero-order valence-electron chi connectivity index (χ0n) is 17.5. The summed E-state index contributed by atoms with van der Waals surface area (Å²) in [6, 6.07) is 1.22. The van der Waals surface area contributed by atoms with E-state index in [0.29, 0.717) is 32.7 Å². The normalized spacial score (nSPS) is 17.0. The Morgan fingerprint density at radius 1 is 1.07 bits per heavy atom. The lowest BCUT2D eigenvalue weighted by Crippen LogP contribution is -2.57. The molecule has 3 atom stereocenters. The summed E-state index contributed by atoms with van der Waals surface area (Å²) in [6.07, 6.45) is 0.417. The fourth-order valence-corrected chi connectivity index (χ4v) is 3.20. The first kappa shape index (κ1) is 23.7. The fraction of sp³-hybridized carbons (Fsp3) is 0.571. The molecule has 9 heteroatoms. The van der Waals surface area contributed by atoms with Gasteiger partial charge in [0.05, 0.1) is 19.6 Å². The summed E-state index contributed by atoms with van der Waals surface area (Å²) in [7, 11) is 0. The Morgan fingerprint density at radius 3 is 2.23 bits per heavy atom. The van der Waals surface area contributed by atoms with E-state index in [1.54, 1.807) is 4.90 Å². The monoisotopic (exact) mass is 425 g/mol. The molecule has 0 aromatic heterocycles. The molecule has 0 bridgehead atoms. The van der Waals surface area contributed by atoms with Gasteiger partial charge in [0.25, 0.3) is 0 Å². The van der Waals surface area contributed by atoms with Crippen molar-refractivity contribution >= 4 is 17.7 Å². The molecule has 1 saturated heterocycles. The van der Waals surface area contributed by atoms with Crippen LogP contribution in [0.2, 0.25) is 0 Å². The third kappa shape index (κ3) is 6.76. The average molecular weight is 425 g/mol. The van der Waals surface area contributed by atoms with Crippen LogP contribution in [0.4, 0.5) is 8.78 Å². The van der Waals surface area contributed by atoms with Crippen LogP contribution < -0.4 is 10.6 Å². The number of nitrogens with one attached hydrogen (secondary N) is 2. The molecule has 30 heavy (non-hydrogen) atoms. The number of morpholine rings is 1. The van der Waals surface area contributed by atoms with Crippen molar-refractivity contribution in [3.05, 3.63) is 35.4 Å². The molecule has 1 aromatic rings. The first-order valence-electron chi connectivity index (χ1n) is 10.1. The van der Waals surface area contributed by atoms with E-state index in [1.807, 2.05) is 13.8 Å². The van der Waals surface area contributed by atoms with E-state index in [9.17, 15) is 23.2 Å². The van der Waals surface area contributed by atoms with Crippen LogP contribution in [0.15, 0.2) is 18.2 Å². The summed E-state index contributed by atoms with van der Waals surface area (Å²) in [6.45, 7) is 7.16. The van der Waals surface area contributed by atoms with Crippen LogP contribution in [0.3, 0.4) is 0 Å². The molecule has 1 aliphatic heterocycles.